The van der Waals surface area contributed by atoms with Gasteiger partial charge in [-0.3, -0.25) is 20.6 Å². The number of hydrogen-bond acceptors (Lipinski definition) is 7. The second-order valence-electron chi connectivity index (χ2n) is 6.19. The van der Waals surface area contributed by atoms with Gasteiger partial charge in [-0.2, -0.15) is 0 Å². The molecule has 1 unspecified atom stereocenters. The van der Waals surface area contributed by atoms with Crippen LogP contribution in [0.3, 0.4) is 0 Å². The zero-order chi connectivity index (χ0) is 18.7. The molecule has 0 bridgehead atoms. The van der Waals surface area contributed by atoms with E-state index in [0.717, 1.165) is 19.1 Å². The van der Waals surface area contributed by atoms with Crippen molar-refractivity contribution in [2.24, 2.45) is 5.73 Å². The molecule has 0 aliphatic carbocycles. The van der Waals surface area contributed by atoms with Crippen LogP contribution in [0.15, 0.2) is 18.2 Å². The largest absolute Gasteiger partial charge is 0.456 e. The van der Waals surface area contributed by atoms with Gasteiger partial charge in [-0.1, -0.05) is 0 Å². The van der Waals surface area contributed by atoms with Crippen molar-refractivity contribution in [3.05, 3.63) is 39.7 Å². The number of carbonyl (C=O) groups is 2. The molecular formula is C15H19FN2O6. The molecule has 1 aromatic rings. The van der Waals surface area contributed by atoms with E-state index in [4.69, 9.17) is 15.2 Å². The monoisotopic (exact) mass is 342 g/mol. The Hall–Kier alpha value is -2.55. The summed E-state index contributed by atoms with van der Waals surface area (Å²) in [6, 6.07) is 2.77. The smallest absolute Gasteiger partial charge is 0.367 e. The summed E-state index contributed by atoms with van der Waals surface area (Å²) in [5.74, 6) is -2.75. The molecular weight excluding hydrogens is 323 g/mol. The van der Waals surface area contributed by atoms with Crippen LogP contribution >= 0.6 is 0 Å². The second kappa shape index (κ2) is 6.91. The fourth-order valence-corrected chi connectivity index (χ4v) is 1.91. The van der Waals surface area contributed by atoms with E-state index in [1.54, 1.807) is 20.8 Å². The zero-order valence-electron chi connectivity index (χ0n) is 13.8. The van der Waals surface area contributed by atoms with Gasteiger partial charge in [-0.25, -0.2) is 9.18 Å². The number of nitro benzene ring substituents is 1. The fourth-order valence-electron chi connectivity index (χ4n) is 1.91. The van der Waals surface area contributed by atoms with Crippen LogP contribution in [0.4, 0.5) is 10.1 Å². The lowest BCUT2D eigenvalue weighted by Crippen LogP contribution is -2.55. The van der Waals surface area contributed by atoms with Gasteiger partial charge in [0.15, 0.2) is 0 Å². The molecule has 0 radical (unpaired) electrons. The molecule has 1 rings (SSSR count). The molecule has 8 nitrogen and oxygen atoms in total. The lowest BCUT2D eigenvalue weighted by Gasteiger charge is -2.30. The lowest BCUT2D eigenvalue weighted by molar-refractivity contribution is -0.385. The van der Waals surface area contributed by atoms with Crippen LogP contribution in [-0.2, 0) is 25.5 Å². The SMILES string of the molecule is CC(=O)OC(N)(Cc1ccc(F)cc1[N+](=O)[O-])C(=O)OC(C)(C)C. The van der Waals surface area contributed by atoms with Crippen molar-refractivity contribution in [1.29, 1.82) is 0 Å². The van der Waals surface area contributed by atoms with E-state index in [0.29, 0.717) is 6.07 Å². The Labute approximate surface area is 137 Å². The predicted molar refractivity (Wildman–Crippen MR) is 81.3 cm³/mol. The molecule has 132 valence electrons. The number of benzene rings is 1. The predicted octanol–water partition coefficient (Wildman–Crippen LogP) is 1.84. The number of nitro groups is 1. The van der Waals surface area contributed by atoms with Crippen molar-refractivity contribution in [2.45, 2.75) is 45.4 Å². The summed E-state index contributed by atoms with van der Waals surface area (Å²) in [5, 5.41) is 11.1. The maximum atomic E-state index is 13.2. The number of ether oxygens (including phenoxy) is 2. The normalized spacial score (nSPS) is 13.8. The van der Waals surface area contributed by atoms with Crippen LogP contribution in [0.5, 0.6) is 0 Å². The highest BCUT2D eigenvalue weighted by Crippen LogP contribution is 2.26. The van der Waals surface area contributed by atoms with Gasteiger partial charge in [0, 0.05) is 18.9 Å². The van der Waals surface area contributed by atoms with Gasteiger partial charge in [-0.05, 0) is 32.9 Å². The summed E-state index contributed by atoms with van der Waals surface area (Å²) >= 11 is 0. The first-order chi connectivity index (χ1) is 10.8. The van der Waals surface area contributed by atoms with E-state index in [9.17, 15) is 24.1 Å². The number of carbonyl (C=O) groups excluding carboxylic acids is 2. The van der Waals surface area contributed by atoms with E-state index in [1.165, 1.54) is 0 Å². The molecule has 1 atom stereocenters. The molecule has 0 aromatic heterocycles. The first-order valence-electron chi connectivity index (χ1n) is 6.99. The van der Waals surface area contributed by atoms with E-state index in [1.807, 2.05) is 0 Å². The molecule has 1 aromatic carbocycles. The number of rotatable bonds is 5. The maximum Gasteiger partial charge on any atom is 0.367 e. The average Bonchev–Trinajstić information content (AvgIpc) is 2.37. The molecule has 0 heterocycles. The molecule has 0 aliphatic heterocycles. The van der Waals surface area contributed by atoms with Gasteiger partial charge in [0.1, 0.15) is 11.4 Å². The fraction of sp³-hybridized carbons (Fsp3) is 0.467. The minimum Gasteiger partial charge on any atom is -0.456 e. The summed E-state index contributed by atoms with van der Waals surface area (Å²) in [7, 11) is 0. The van der Waals surface area contributed by atoms with Gasteiger partial charge in [0.2, 0.25) is 0 Å². The first kappa shape index (κ1) is 19.5. The van der Waals surface area contributed by atoms with Crippen LogP contribution in [0.1, 0.15) is 33.3 Å². The number of halogens is 1. The third-order valence-corrected chi connectivity index (χ3v) is 2.77. The highest BCUT2D eigenvalue weighted by molar-refractivity contribution is 5.83. The number of esters is 2. The van der Waals surface area contributed by atoms with Gasteiger partial charge < -0.3 is 9.47 Å². The van der Waals surface area contributed by atoms with Crippen molar-refractivity contribution in [2.75, 3.05) is 0 Å². The minimum absolute atomic E-state index is 0.0731. The zero-order valence-corrected chi connectivity index (χ0v) is 13.8. The van der Waals surface area contributed by atoms with Crippen molar-refractivity contribution < 1.29 is 28.4 Å². The molecule has 9 heteroatoms. The van der Waals surface area contributed by atoms with Gasteiger partial charge >= 0.3 is 11.9 Å². The summed E-state index contributed by atoms with van der Waals surface area (Å²) in [4.78, 5) is 33.8. The topological polar surface area (TPSA) is 122 Å². The number of hydrogen-bond donors (Lipinski definition) is 1. The van der Waals surface area contributed by atoms with Crippen molar-refractivity contribution in [1.82, 2.24) is 0 Å². The number of nitrogens with two attached hydrogens (primary N) is 1. The Morgan fingerprint density at radius 2 is 1.88 bits per heavy atom. The molecule has 0 amide bonds. The summed E-state index contributed by atoms with van der Waals surface area (Å²) in [6.45, 7) is 5.78. The van der Waals surface area contributed by atoms with Crippen LogP contribution in [0.2, 0.25) is 0 Å². The standard InChI is InChI=1S/C15H19FN2O6/c1-9(19)23-15(17,13(20)24-14(2,3)4)8-10-5-6-11(16)7-12(10)18(21)22/h5-7H,8,17H2,1-4H3. The second-order valence-corrected chi connectivity index (χ2v) is 6.19. The highest BCUT2D eigenvalue weighted by atomic mass is 19.1. The molecule has 0 spiro atoms. The Bertz CT molecular complexity index is 670. The van der Waals surface area contributed by atoms with Crippen molar-refractivity contribution >= 4 is 17.6 Å². The first-order valence-corrected chi connectivity index (χ1v) is 6.99. The molecule has 0 fully saturated rings. The molecule has 2 N–H and O–H groups in total. The highest BCUT2D eigenvalue weighted by Gasteiger charge is 2.43. The molecule has 24 heavy (non-hydrogen) atoms. The molecule has 0 saturated carbocycles. The third kappa shape index (κ3) is 5.27. The van der Waals surface area contributed by atoms with Crippen LogP contribution in [0.25, 0.3) is 0 Å². The van der Waals surface area contributed by atoms with Crippen molar-refractivity contribution in [3.63, 3.8) is 0 Å². The number of nitrogens with zero attached hydrogens (tertiary/aromatic N) is 1. The Kier molecular flexibility index (Phi) is 5.62. The Morgan fingerprint density at radius 3 is 2.33 bits per heavy atom. The van der Waals surface area contributed by atoms with Crippen LogP contribution in [0, 0.1) is 15.9 Å². The van der Waals surface area contributed by atoms with Crippen LogP contribution in [-0.4, -0.2) is 28.2 Å². The van der Waals surface area contributed by atoms with E-state index >= 15 is 0 Å². The summed E-state index contributed by atoms with van der Waals surface area (Å²) < 4.78 is 23.2. The van der Waals surface area contributed by atoms with E-state index in [2.05, 4.69) is 0 Å². The molecule has 0 aliphatic rings. The van der Waals surface area contributed by atoms with Gasteiger partial charge in [0.25, 0.3) is 11.4 Å². The van der Waals surface area contributed by atoms with Crippen LogP contribution < -0.4 is 5.73 Å². The average molecular weight is 342 g/mol. The Morgan fingerprint density at radius 1 is 1.29 bits per heavy atom. The van der Waals surface area contributed by atoms with E-state index < -0.39 is 46.1 Å². The lowest BCUT2D eigenvalue weighted by atomic mass is 10.0. The third-order valence-electron chi connectivity index (χ3n) is 2.77. The summed E-state index contributed by atoms with van der Waals surface area (Å²) in [5.41, 5.74) is 2.00. The molecule has 0 saturated heterocycles. The van der Waals surface area contributed by atoms with E-state index in [-0.39, 0.29) is 5.56 Å². The summed E-state index contributed by atoms with van der Waals surface area (Å²) in [6.07, 6.45) is -0.544. The maximum absolute atomic E-state index is 13.2. The van der Waals surface area contributed by atoms with Gasteiger partial charge in [-0.15, -0.1) is 0 Å². The minimum atomic E-state index is -2.28. The quantitative estimate of drug-likeness (QED) is 0.375. The van der Waals surface area contributed by atoms with Crippen molar-refractivity contribution in [3.8, 4) is 0 Å². The Balaban J connectivity index is 3.26. The van der Waals surface area contributed by atoms with Gasteiger partial charge in [0.05, 0.1) is 11.0 Å².